The molecule has 0 aromatic carbocycles. The largest absolute Gasteiger partial charge is 0.264 e. The third kappa shape index (κ3) is 3.26. The molecule has 0 saturated carbocycles. The molecule has 0 amide bonds. The molecule has 0 spiro atoms. The molecule has 0 aliphatic carbocycles. The van der Waals surface area contributed by atoms with Gasteiger partial charge in [0.05, 0.1) is 0 Å². The maximum Gasteiger partial charge on any atom is 0.0346 e. The van der Waals surface area contributed by atoms with Crippen LogP contribution in [-0.4, -0.2) is 19.9 Å². The van der Waals surface area contributed by atoms with Crippen molar-refractivity contribution in [3.05, 3.63) is 120 Å². The van der Waals surface area contributed by atoms with E-state index in [1.807, 2.05) is 49.1 Å². The highest BCUT2D eigenvalue weighted by Crippen LogP contribution is 2.35. The van der Waals surface area contributed by atoms with E-state index in [0.29, 0.717) is 0 Å². The molecule has 0 saturated heterocycles. The Morgan fingerprint density at radius 3 is 0.885 bits per heavy atom. The van der Waals surface area contributed by atoms with E-state index in [2.05, 4.69) is 44.2 Å². The maximum absolute atomic E-state index is 4.31. The molecule has 4 heteroatoms. The molecule has 4 aromatic heterocycles. The van der Waals surface area contributed by atoms with Crippen LogP contribution in [0.15, 0.2) is 98.1 Å². The van der Waals surface area contributed by atoms with Crippen LogP contribution in [0.4, 0.5) is 0 Å². The van der Waals surface area contributed by atoms with E-state index in [9.17, 15) is 0 Å². The Hall–Kier alpha value is -3.66. The molecule has 124 valence electrons. The minimum absolute atomic E-state index is 1.02. The smallest absolute Gasteiger partial charge is 0.0346 e. The molecule has 0 aliphatic rings. The number of hydrogen-bond donors (Lipinski definition) is 0. The minimum Gasteiger partial charge on any atom is -0.264 e. The summed E-state index contributed by atoms with van der Waals surface area (Å²) in [7, 11) is 0. The fraction of sp³-hybridized carbons (Fsp3) is 0. The predicted octanol–water partition coefficient (Wildman–Crippen LogP) is 4.27. The van der Waals surface area contributed by atoms with Crippen LogP contribution in [0, 0.1) is 0 Å². The highest BCUT2D eigenvalue weighted by Gasteiger charge is 2.16. The van der Waals surface area contributed by atoms with Crippen LogP contribution in [0.25, 0.3) is 11.1 Å². The quantitative estimate of drug-likeness (QED) is 0.558. The van der Waals surface area contributed by atoms with E-state index in [1.54, 1.807) is 24.8 Å². The molecule has 0 N–H and O–H groups in total. The van der Waals surface area contributed by atoms with Crippen LogP contribution >= 0.6 is 0 Å². The van der Waals surface area contributed by atoms with Crippen molar-refractivity contribution in [2.45, 2.75) is 0 Å². The van der Waals surface area contributed by atoms with E-state index in [-0.39, 0.29) is 0 Å². The zero-order valence-corrected chi connectivity index (χ0v) is 14.0. The molecule has 4 nitrogen and oxygen atoms in total. The van der Waals surface area contributed by atoms with Crippen molar-refractivity contribution in [1.29, 1.82) is 0 Å². The number of pyridine rings is 4. The summed E-state index contributed by atoms with van der Waals surface area (Å²) in [4.78, 5) is 17.3. The standard InChI is InChI=1S/C22H16N4/c1-5-17(13-23-9-1)21(18-6-2-10-24-14-18)22(19-7-3-11-25-15-19)20-8-4-12-26-16-20/h1-16H. The second-order valence-electron chi connectivity index (χ2n) is 5.72. The Balaban J connectivity index is 2.09. The normalized spacial score (nSPS) is 10.3. The van der Waals surface area contributed by atoms with Crippen LogP contribution in [0.5, 0.6) is 0 Å². The summed E-state index contributed by atoms with van der Waals surface area (Å²) in [5.41, 5.74) is 6.16. The Morgan fingerprint density at radius 1 is 0.423 bits per heavy atom. The van der Waals surface area contributed by atoms with Gasteiger partial charge in [-0.15, -0.1) is 0 Å². The van der Waals surface area contributed by atoms with Crippen molar-refractivity contribution >= 4 is 11.1 Å². The first-order valence-electron chi connectivity index (χ1n) is 8.29. The van der Waals surface area contributed by atoms with Gasteiger partial charge in [-0.1, -0.05) is 24.3 Å². The second-order valence-corrected chi connectivity index (χ2v) is 5.72. The van der Waals surface area contributed by atoms with Gasteiger partial charge in [-0.05, 0) is 24.3 Å². The molecule has 4 heterocycles. The molecule has 26 heavy (non-hydrogen) atoms. The van der Waals surface area contributed by atoms with Crippen molar-refractivity contribution < 1.29 is 0 Å². The number of hydrogen-bond acceptors (Lipinski definition) is 4. The van der Waals surface area contributed by atoms with Gasteiger partial charge in [0.1, 0.15) is 0 Å². The summed E-state index contributed by atoms with van der Waals surface area (Å²) < 4.78 is 0. The first-order valence-corrected chi connectivity index (χ1v) is 8.29. The number of aromatic nitrogens is 4. The second kappa shape index (κ2) is 7.49. The Labute approximate surface area is 152 Å². The molecule has 4 aromatic rings. The van der Waals surface area contributed by atoms with Gasteiger partial charge in [0, 0.05) is 83.0 Å². The number of rotatable bonds is 4. The Bertz CT molecular complexity index is 831. The highest BCUT2D eigenvalue weighted by atomic mass is 14.6. The van der Waals surface area contributed by atoms with Gasteiger partial charge in [0.15, 0.2) is 0 Å². The summed E-state index contributed by atoms with van der Waals surface area (Å²) in [6.45, 7) is 0. The van der Waals surface area contributed by atoms with Gasteiger partial charge in [-0.3, -0.25) is 19.9 Å². The lowest BCUT2D eigenvalue weighted by atomic mass is 9.88. The molecular formula is C22H16N4. The molecule has 0 aliphatic heterocycles. The molecule has 0 bridgehead atoms. The zero-order chi connectivity index (χ0) is 17.6. The SMILES string of the molecule is c1cncc(C(=C(c2cccnc2)c2cccnc2)c2cccnc2)c1. The van der Waals surface area contributed by atoms with Crippen LogP contribution in [0.3, 0.4) is 0 Å². The lowest BCUT2D eigenvalue weighted by Gasteiger charge is -2.16. The highest BCUT2D eigenvalue weighted by molar-refractivity contribution is 6.04. The van der Waals surface area contributed by atoms with Gasteiger partial charge >= 0.3 is 0 Å². The average Bonchev–Trinajstić information content (AvgIpc) is 2.74. The number of nitrogens with zero attached hydrogens (tertiary/aromatic N) is 4. The van der Waals surface area contributed by atoms with Crippen molar-refractivity contribution in [3.63, 3.8) is 0 Å². The summed E-state index contributed by atoms with van der Waals surface area (Å²) in [6, 6.07) is 16.0. The van der Waals surface area contributed by atoms with Gasteiger partial charge in [0.25, 0.3) is 0 Å². The fourth-order valence-electron chi connectivity index (χ4n) is 2.95. The summed E-state index contributed by atoms with van der Waals surface area (Å²) >= 11 is 0. The van der Waals surface area contributed by atoms with Crippen LogP contribution < -0.4 is 0 Å². The van der Waals surface area contributed by atoms with E-state index < -0.39 is 0 Å². The third-order valence-corrected chi connectivity index (χ3v) is 4.05. The topological polar surface area (TPSA) is 51.6 Å². The van der Waals surface area contributed by atoms with Crippen LogP contribution in [0.2, 0.25) is 0 Å². The zero-order valence-electron chi connectivity index (χ0n) is 14.0. The summed E-state index contributed by atoms with van der Waals surface area (Å²) in [5.74, 6) is 0. The van der Waals surface area contributed by atoms with E-state index in [1.165, 1.54) is 0 Å². The van der Waals surface area contributed by atoms with Gasteiger partial charge < -0.3 is 0 Å². The average molecular weight is 336 g/mol. The molecule has 0 atom stereocenters. The molecular weight excluding hydrogens is 320 g/mol. The third-order valence-electron chi connectivity index (χ3n) is 4.05. The first-order chi connectivity index (χ1) is 12.9. The molecule has 0 fully saturated rings. The fourth-order valence-corrected chi connectivity index (χ4v) is 2.95. The van der Waals surface area contributed by atoms with Crippen LogP contribution in [0.1, 0.15) is 22.3 Å². The lowest BCUT2D eigenvalue weighted by molar-refractivity contribution is 1.27. The maximum atomic E-state index is 4.31. The first kappa shape index (κ1) is 15.8. The molecule has 4 rings (SSSR count). The molecule has 0 unspecified atom stereocenters. The van der Waals surface area contributed by atoms with E-state index in [4.69, 9.17) is 0 Å². The monoisotopic (exact) mass is 336 g/mol. The Kier molecular flexibility index (Phi) is 4.56. The summed E-state index contributed by atoms with van der Waals surface area (Å²) in [6.07, 6.45) is 14.6. The van der Waals surface area contributed by atoms with E-state index in [0.717, 1.165) is 33.4 Å². The summed E-state index contributed by atoms with van der Waals surface area (Å²) in [5, 5.41) is 0. The van der Waals surface area contributed by atoms with Gasteiger partial charge in [-0.25, -0.2) is 0 Å². The van der Waals surface area contributed by atoms with E-state index >= 15 is 0 Å². The van der Waals surface area contributed by atoms with Crippen molar-refractivity contribution in [3.8, 4) is 0 Å². The van der Waals surface area contributed by atoms with Crippen molar-refractivity contribution in [1.82, 2.24) is 19.9 Å². The minimum atomic E-state index is 1.02. The van der Waals surface area contributed by atoms with Gasteiger partial charge in [-0.2, -0.15) is 0 Å². The van der Waals surface area contributed by atoms with Crippen LogP contribution in [-0.2, 0) is 0 Å². The molecule has 0 radical (unpaired) electrons. The Morgan fingerprint density at radius 2 is 0.692 bits per heavy atom. The lowest BCUT2D eigenvalue weighted by Crippen LogP contribution is -1.99. The predicted molar refractivity (Wildman–Crippen MR) is 102 cm³/mol. The van der Waals surface area contributed by atoms with Crippen molar-refractivity contribution in [2.24, 2.45) is 0 Å². The van der Waals surface area contributed by atoms with Gasteiger partial charge in [0.2, 0.25) is 0 Å². The van der Waals surface area contributed by atoms with Crippen molar-refractivity contribution in [2.75, 3.05) is 0 Å².